The van der Waals surface area contributed by atoms with Crippen molar-refractivity contribution in [1.82, 2.24) is 25.3 Å². The number of rotatable bonds is 12. The third kappa shape index (κ3) is 9.40. The molecule has 12 heteroatoms. The van der Waals surface area contributed by atoms with Crippen LogP contribution in [-0.4, -0.2) is 110 Å². The molecule has 4 fully saturated rings. The molecule has 2 N–H and O–H groups in total. The lowest BCUT2D eigenvalue weighted by Gasteiger charge is -2.21. The molecule has 5 amide bonds. The molecule has 3 atom stereocenters. The maximum Gasteiger partial charge on any atom is 0.310 e. The number of esters is 1. The van der Waals surface area contributed by atoms with Crippen molar-refractivity contribution < 1.29 is 33.5 Å². The summed E-state index contributed by atoms with van der Waals surface area (Å²) in [5, 5.41) is 5.68. The van der Waals surface area contributed by atoms with Crippen LogP contribution >= 0.6 is 0 Å². The van der Waals surface area contributed by atoms with E-state index in [0.29, 0.717) is 19.0 Å². The van der Waals surface area contributed by atoms with Gasteiger partial charge in [0.05, 0.1) is 24.9 Å². The molecule has 3 unspecified atom stereocenters. The number of nitrogens with one attached hydrogen (secondary N) is 2. The Kier molecular flexibility index (Phi) is 12.2. The van der Waals surface area contributed by atoms with Gasteiger partial charge in [0.2, 0.25) is 29.5 Å². The normalized spacial score (nSPS) is 25.5. The van der Waals surface area contributed by atoms with E-state index >= 15 is 0 Å². The topological polar surface area (TPSA) is 145 Å². The molecule has 3 saturated heterocycles. The highest BCUT2D eigenvalue weighted by Gasteiger charge is 2.37. The number of likely N-dealkylation sites (tertiary alicyclic amines) is 3. The molecule has 0 radical (unpaired) electrons. The molecule has 0 bridgehead atoms. The zero-order valence-corrected chi connectivity index (χ0v) is 25.7. The van der Waals surface area contributed by atoms with E-state index < -0.39 is 17.8 Å². The predicted octanol–water partition coefficient (Wildman–Crippen LogP) is 1.08. The lowest BCUT2D eigenvalue weighted by atomic mass is 9.93. The molecule has 4 rings (SSSR count). The Labute approximate surface area is 254 Å². The minimum Gasteiger partial charge on any atom is -0.469 e. The van der Waals surface area contributed by atoms with Crippen LogP contribution in [-0.2, 0) is 33.5 Å². The molecule has 0 aromatic heterocycles. The average molecular weight is 604 g/mol. The lowest BCUT2D eigenvalue weighted by Crippen LogP contribution is -2.40. The van der Waals surface area contributed by atoms with Crippen molar-refractivity contribution in [1.29, 1.82) is 0 Å². The number of hydrogen-bond donors (Lipinski definition) is 2. The van der Waals surface area contributed by atoms with E-state index in [4.69, 9.17) is 4.74 Å². The standard InChI is InChI=1S/C31H49N5O7/c1-43-31(42)25-18-28(39)36(21-25)15-12-33-30(41)24-17-27(38)35(20-24)14-11-32-29(40)23-16-26(37)34(19-23)13-10-22-8-6-4-2-3-5-7-9-22/h22-25H,2-21H2,1H3,(H,32,40)(H,33,41). The summed E-state index contributed by atoms with van der Waals surface area (Å²) in [7, 11) is 1.29. The van der Waals surface area contributed by atoms with Gasteiger partial charge >= 0.3 is 5.97 Å². The van der Waals surface area contributed by atoms with Gasteiger partial charge in [0.15, 0.2) is 0 Å². The van der Waals surface area contributed by atoms with Crippen molar-refractivity contribution in [2.45, 2.75) is 77.0 Å². The van der Waals surface area contributed by atoms with Gasteiger partial charge in [0.25, 0.3) is 0 Å². The second kappa shape index (κ2) is 16.0. The zero-order chi connectivity index (χ0) is 30.8. The van der Waals surface area contributed by atoms with Gasteiger partial charge < -0.3 is 30.1 Å². The Bertz CT molecular complexity index is 1030. The van der Waals surface area contributed by atoms with Crippen LogP contribution in [0.2, 0.25) is 0 Å². The predicted molar refractivity (Wildman–Crippen MR) is 157 cm³/mol. The molecule has 12 nitrogen and oxygen atoms in total. The molecule has 3 aliphatic heterocycles. The summed E-state index contributed by atoms with van der Waals surface area (Å²) in [6.45, 7) is 2.81. The second-order valence-electron chi connectivity index (χ2n) is 12.7. The van der Waals surface area contributed by atoms with Crippen LogP contribution in [0.3, 0.4) is 0 Å². The molecule has 1 aliphatic carbocycles. The maximum atomic E-state index is 12.8. The van der Waals surface area contributed by atoms with Crippen LogP contribution < -0.4 is 10.6 Å². The molecule has 0 aromatic rings. The number of carbonyl (C=O) groups is 6. The highest BCUT2D eigenvalue weighted by atomic mass is 16.5. The lowest BCUT2D eigenvalue weighted by molar-refractivity contribution is -0.145. The summed E-state index contributed by atoms with van der Waals surface area (Å²) in [4.78, 5) is 79.3. The quantitative estimate of drug-likeness (QED) is 0.318. The van der Waals surface area contributed by atoms with E-state index in [0.717, 1.165) is 13.0 Å². The van der Waals surface area contributed by atoms with Gasteiger partial charge in [-0.05, 0) is 12.3 Å². The summed E-state index contributed by atoms with van der Waals surface area (Å²) in [6.07, 6.45) is 11.8. The maximum absolute atomic E-state index is 12.8. The Morgan fingerprint density at radius 3 is 1.56 bits per heavy atom. The van der Waals surface area contributed by atoms with Crippen LogP contribution in [0.1, 0.15) is 77.0 Å². The molecule has 3 heterocycles. The minimum absolute atomic E-state index is 0.0455. The number of nitrogens with zero attached hydrogens (tertiary/aromatic N) is 3. The SMILES string of the molecule is COC(=O)C1CC(=O)N(CCNC(=O)C2CC(=O)N(CCNC(=O)C3CC(=O)N(CCC4CCCCCCCC4)C3)C2)C1. The fraction of sp³-hybridized carbons (Fsp3) is 0.806. The Balaban J connectivity index is 1.10. The second-order valence-corrected chi connectivity index (χ2v) is 12.7. The van der Waals surface area contributed by atoms with Crippen molar-refractivity contribution in [2.24, 2.45) is 23.7 Å². The molecule has 0 spiro atoms. The van der Waals surface area contributed by atoms with Crippen LogP contribution in [0.25, 0.3) is 0 Å². The number of amides is 5. The molecule has 43 heavy (non-hydrogen) atoms. The smallest absolute Gasteiger partial charge is 0.310 e. The monoisotopic (exact) mass is 603 g/mol. The summed E-state index contributed by atoms with van der Waals surface area (Å²) in [5.41, 5.74) is 0. The van der Waals surface area contributed by atoms with E-state index in [2.05, 4.69) is 10.6 Å². The molecular formula is C31H49N5O7. The van der Waals surface area contributed by atoms with Crippen molar-refractivity contribution in [3.63, 3.8) is 0 Å². The van der Waals surface area contributed by atoms with Crippen LogP contribution in [0.4, 0.5) is 0 Å². The van der Waals surface area contributed by atoms with Crippen LogP contribution in [0, 0.1) is 23.7 Å². The van der Waals surface area contributed by atoms with Gasteiger partial charge in [0, 0.05) is 71.6 Å². The highest BCUT2D eigenvalue weighted by molar-refractivity contribution is 5.90. The van der Waals surface area contributed by atoms with Gasteiger partial charge in [-0.3, -0.25) is 28.8 Å². The molecular weight excluding hydrogens is 554 g/mol. The van der Waals surface area contributed by atoms with E-state index in [1.165, 1.54) is 63.4 Å². The van der Waals surface area contributed by atoms with Gasteiger partial charge in [-0.1, -0.05) is 51.4 Å². The Morgan fingerprint density at radius 2 is 1.07 bits per heavy atom. The highest BCUT2D eigenvalue weighted by Crippen LogP contribution is 2.26. The first kappa shape index (κ1) is 32.7. The third-order valence-corrected chi connectivity index (χ3v) is 9.56. The van der Waals surface area contributed by atoms with E-state index in [-0.39, 0.29) is 87.4 Å². The third-order valence-electron chi connectivity index (χ3n) is 9.56. The molecule has 240 valence electrons. The van der Waals surface area contributed by atoms with Crippen LogP contribution in [0.15, 0.2) is 0 Å². The largest absolute Gasteiger partial charge is 0.469 e. The summed E-state index contributed by atoms with van der Waals surface area (Å²) >= 11 is 0. The summed E-state index contributed by atoms with van der Waals surface area (Å²) < 4.78 is 4.71. The zero-order valence-electron chi connectivity index (χ0n) is 25.7. The summed E-state index contributed by atoms with van der Waals surface area (Å²) in [6, 6.07) is 0. The average Bonchev–Trinajstić information content (AvgIpc) is 3.70. The van der Waals surface area contributed by atoms with Crippen LogP contribution in [0.5, 0.6) is 0 Å². The van der Waals surface area contributed by atoms with Crippen molar-refractivity contribution >= 4 is 35.5 Å². The molecule has 1 saturated carbocycles. The van der Waals surface area contributed by atoms with Gasteiger partial charge in [-0.25, -0.2) is 0 Å². The van der Waals surface area contributed by atoms with E-state index in [9.17, 15) is 28.8 Å². The van der Waals surface area contributed by atoms with Crippen molar-refractivity contribution in [3.8, 4) is 0 Å². The summed E-state index contributed by atoms with van der Waals surface area (Å²) in [5.74, 6) is -1.75. The van der Waals surface area contributed by atoms with E-state index in [1.807, 2.05) is 4.90 Å². The number of carbonyl (C=O) groups excluding carboxylic acids is 6. The van der Waals surface area contributed by atoms with Gasteiger partial charge in [-0.2, -0.15) is 0 Å². The molecule has 0 aromatic carbocycles. The minimum atomic E-state index is -0.497. The molecule has 4 aliphatic rings. The van der Waals surface area contributed by atoms with Crippen molar-refractivity contribution in [2.75, 3.05) is 59.5 Å². The number of hydrogen-bond acceptors (Lipinski definition) is 7. The number of methoxy groups -OCH3 is 1. The van der Waals surface area contributed by atoms with Gasteiger partial charge in [0.1, 0.15) is 0 Å². The van der Waals surface area contributed by atoms with E-state index in [1.54, 1.807) is 4.90 Å². The number of ether oxygens (including phenoxy) is 1. The first-order chi connectivity index (χ1) is 20.7. The van der Waals surface area contributed by atoms with Crippen molar-refractivity contribution in [3.05, 3.63) is 0 Å². The Morgan fingerprint density at radius 1 is 0.651 bits per heavy atom. The fourth-order valence-electron chi connectivity index (χ4n) is 6.90. The first-order valence-electron chi connectivity index (χ1n) is 16.2. The van der Waals surface area contributed by atoms with Gasteiger partial charge in [-0.15, -0.1) is 0 Å². The Hall–Kier alpha value is -3.18. The fourth-order valence-corrected chi connectivity index (χ4v) is 6.90. The first-order valence-corrected chi connectivity index (χ1v) is 16.2.